The smallest absolute Gasteiger partial charge is 0.263 e. The number of nitrogens with zero attached hydrogens (tertiary/aromatic N) is 1. The number of thiazole rings is 1. The Hall–Kier alpha value is -2.60. The second kappa shape index (κ2) is 7.53. The fourth-order valence-electron chi connectivity index (χ4n) is 2.57. The van der Waals surface area contributed by atoms with Gasteiger partial charge in [0, 0.05) is 0 Å². The van der Waals surface area contributed by atoms with Gasteiger partial charge in [-0.25, -0.2) is 13.8 Å². The van der Waals surface area contributed by atoms with Gasteiger partial charge in [-0.3, -0.25) is 4.79 Å². The Labute approximate surface area is 148 Å². The summed E-state index contributed by atoms with van der Waals surface area (Å²) in [6, 6.07) is 11.7. The van der Waals surface area contributed by atoms with E-state index in [-0.39, 0.29) is 17.5 Å². The molecule has 1 N–H and O–H groups in total. The average Bonchev–Trinajstić information content (AvgIpc) is 3.01. The van der Waals surface area contributed by atoms with Gasteiger partial charge in [0.1, 0.15) is 16.5 Å². The summed E-state index contributed by atoms with van der Waals surface area (Å²) in [6.07, 6.45) is 1.87. The Kier molecular flexibility index (Phi) is 5.19. The molecule has 0 radical (unpaired) electrons. The summed E-state index contributed by atoms with van der Waals surface area (Å²) in [7, 11) is 0. The van der Waals surface area contributed by atoms with Crippen LogP contribution in [0.15, 0.2) is 54.7 Å². The van der Waals surface area contributed by atoms with Gasteiger partial charge < -0.3 is 5.32 Å². The largest absolute Gasteiger partial charge is 0.344 e. The number of hydrogen-bond acceptors (Lipinski definition) is 3. The maximum atomic E-state index is 13.6. The summed E-state index contributed by atoms with van der Waals surface area (Å²) < 4.78 is 27.1. The molecule has 0 saturated heterocycles. The number of carbonyl (C=O) groups excluding carboxylic acids is 1. The summed E-state index contributed by atoms with van der Waals surface area (Å²) in [5, 5.41) is 3.69. The van der Waals surface area contributed by atoms with E-state index in [1.807, 2.05) is 6.92 Å². The zero-order chi connectivity index (χ0) is 17.8. The first-order valence-electron chi connectivity index (χ1n) is 7.74. The van der Waals surface area contributed by atoms with Crippen LogP contribution in [0, 0.1) is 18.6 Å². The average molecular weight is 358 g/mol. The van der Waals surface area contributed by atoms with E-state index >= 15 is 0 Å². The summed E-state index contributed by atoms with van der Waals surface area (Å²) in [5.41, 5.74) is 1.34. The van der Waals surface area contributed by atoms with Crippen LogP contribution in [-0.4, -0.2) is 10.9 Å². The van der Waals surface area contributed by atoms with Gasteiger partial charge in [-0.05, 0) is 48.7 Å². The van der Waals surface area contributed by atoms with Crippen LogP contribution in [-0.2, 0) is 6.42 Å². The Morgan fingerprint density at radius 1 is 1.16 bits per heavy atom. The van der Waals surface area contributed by atoms with Crippen molar-refractivity contribution in [3.8, 4) is 0 Å². The van der Waals surface area contributed by atoms with Gasteiger partial charge in [0.25, 0.3) is 5.91 Å². The molecule has 3 rings (SSSR count). The molecule has 0 aliphatic heterocycles. The molecular weight excluding hydrogens is 342 g/mol. The van der Waals surface area contributed by atoms with E-state index in [4.69, 9.17) is 0 Å². The molecule has 1 unspecified atom stereocenters. The Balaban J connectivity index is 1.87. The third-order valence-electron chi connectivity index (χ3n) is 3.73. The number of aromatic nitrogens is 1. The van der Waals surface area contributed by atoms with Gasteiger partial charge in [0.15, 0.2) is 0 Å². The molecule has 1 aromatic heterocycles. The molecule has 0 fully saturated rings. The predicted molar refractivity (Wildman–Crippen MR) is 93.6 cm³/mol. The van der Waals surface area contributed by atoms with Gasteiger partial charge in [-0.2, -0.15) is 0 Å². The molecule has 3 aromatic rings. The molecule has 2 aromatic carbocycles. The number of carbonyl (C=O) groups is 1. The van der Waals surface area contributed by atoms with Crippen molar-refractivity contribution in [2.45, 2.75) is 19.4 Å². The molecule has 0 saturated carbocycles. The van der Waals surface area contributed by atoms with E-state index in [9.17, 15) is 13.6 Å². The lowest BCUT2D eigenvalue weighted by atomic mass is 9.98. The van der Waals surface area contributed by atoms with Gasteiger partial charge in [0.2, 0.25) is 0 Å². The molecule has 1 atom stereocenters. The van der Waals surface area contributed by atoms with Crippen molar-refractivity contribution >= 4 is 17.2 Å². The fraction of sp³-hybridized carbons (Fsp3) is 0.158. The number of aryl methyl sites for hydroxylation is 1. The maximum absolute atomic E-state index is 13.6. The molecule has 128 valence electrons. The zero-order valence-corrected chi connectivity index (χ0v) is 14.3. The lowest BCUT2D eigenvalue weighted by Gasteiger charge is -2.19. The van der Waals surface area contributed by atoms with Crippen LogP contribution < -0.4 is 5.32 Å². The van der Waals surface area contributed by atoms with Crippen molar-refractivity contribution in [2.75, 3.05) is 0 Å². The van der Waals surface area contributed by atoms with Crippen molar-refractivity contribution in [2.24, 2.45) is 0 Å². The molecule has 6 heteroatoms. The third kappa shape index (κ3) is 4.48. The first-order chi connectivity index (χ1) is 12.0. The van der Waals surface area contributed by atoms with Crippen LogP contribution in [0.3, 0.4) is 0 Å². The Morgan fingerprint density at radius 2 is 1.88 bits per heavy atom. The zero-order valence-electron chi connectivity index (χ0n) is 13.5. The van der Waals surface area contributed by atoms with Crippen LogP contribution in [0.5, 0.6) is 0 Å². The first-order valence-corrected chi connectivity index (χ1v) is 8.56. The molecule has 0 aliphatic rings. The summed E-state index contributed by atoms with van der Waals surface area (Å²) in [5.74, 6) is -1.01. The standard InChI is InChI=1S/C19H16F2N2OS/c1-12-22-11-18(25-12)19(24)23-17(14-5-3-7-16(21)10-14)9-13-4-2-6-15(20)8-13/h2-8,10-11,17H,9H2,1H3,(H,23,24). The summed E-state index contributed by atoms with van der Waals surface area (Å²) in [6.45, 7) is 1.82. The summed E-state index contributed by atoms with van der Waals surface area (Å²) in [4.78, 5) is 17.0. The minimum atomic E-state index is -0.479. The summed E-state index contributed by atoms with van der Waals surface area (Å²) >= 11 is 1.29. The van der Waals surface area contributed by atoms with Crippen LogP contribution in [0.4, 0.5) is 8.78 Å². The predicted octanol–water partition coefficient (Wildman–Crippen LogP) is 4.44. The lowest BCUT2D eigenvalue weighted by molar-refractivity contribution is 0.0940. The van der Waals surface area contributed by atoms with Crippen LogP contribution >= 0.6 is 11.3 Å². The maximum Gasteiger partial charge on any atom is 0.263 e. The number of halogens is 2. The minimum absolute atomic E-state index is 0.281. The van der Waals surface area contributed by atoms with E-state index < -0.39 is 6.04 Å². The number of hydrogen-bond donors (Lipinski definition) is 1. The SMILES string of the molecule is Cc1ncc(C(=O)NC(Cc2cccc(F)c2)c2cccc(F)c2)s1. The second-order valence-electron chi connectivity index (χ2n) is 5.66. The van der Waals surface area contributed by atoms with Gasteiger partial charge in [0.05, 0.1) is 17.2 Å². The lowest BCUT2D eigenvalue weighted by Crippen LogP contribution is -2.29. The second-order valence-corrected chi connectivity index (χ2v) is 6.89. The number of rotatable bonds is 5. The highest BCUT2D eigenvalue weighted by Gasteiger charge is 2.18. The molecule has 1 heterocycles. The van der Waals surface area contributed by atoms with Crippen LogP contribution in [0.1, 0.15) is 31.8 Å². The Morgan fingerprint density at radius 3 is 2.52 bits per heavy atom. The highest BCUT2D eigenvalue weighted by atomic mass is 32.1. The topological polar surface area (TPSA) is 42.0 Å². The quantitative estimate of drug-likeness (QED) is 0.732. The van der Waals surface area contributed by atoms with Gasteiger partial charge >= 0.3 is 0 Å². The van der Waals surface area contributed by atoms with E-state index in [1.54, 1.807) is 24.3 Å². The van der Waals surface area contributed by atoms with E-state index in [0.29, 0.717) is 16.9 Å². The molecule has 25 heavy (non-hydrogen) atoms. The number of nitrogens with one attached hydrogen (secondary N) is 1. The Bertz CT molecular complexity index is 894. The number of benzene rings is 2. The van der Waals surface area contributed by atoms with E-state index in [1.165, 1.54) is 41.8 Å². The molecule has 3 nitrogen and oxygen atoms in total. The minimum Gasteiger partial charge on any atom is -0.344 e. The molecule has 0 spiro atoms. The number of amides is 1. The molecular formula is C19H16F2N2OS. The third-order valence-corrected chi connectivity index (χ3v) is 4.64. The molecule has 1 amide bonds. The van der Waals surface area contributed by atoms with E-state index in [2.05, 4.69) is 10.3 Å². The van der Waals surface area contributed by atoms with Crippen molar-refractivity contribution in [1.82, 2.24) is 10.3 Å². The first kappa shape index (κ1) is 17.2. The molecule has 0 aliphatic carbocycles. The normalized spacial score (nSPS) is 12.0. The van der Waals surface area contributed by atoms with Crippen LogP contribution in [0.2, 0.25) is 0 Å². The van der Waals surface area contributed by atoms with Gasteiger partial charge in [-0.1, -0.05) is 24.3 Å². The highest BCUT2D eigenvalue weighted by Crippen LogP contribution is 2.21. The monoisotopic (exact) mass is 358 g/mol. The highest BCUT2D eigenvalue weighted by molar-refractivity contribution is 7.13. The van der Waals surface area contributed by atoms with Crippen molar-refractivity contribution in [3.63, 3.8) is 0 Å². The van der Waals surface area contributed by atoms with Crippen molar-refractivity contribution in [3.05, 3.63) is 87.4 Å². The van der Waals surface area contributed by atoms with Crippen molar-refractivity contribution in [1.29, 1.82) is 0 Å². The van der Waals surface area contributed by atoms with Gasteiger partial charge in [-0.15, -0.1) is 11.3 Å². The van der Waals surface area contributed by atoms with Crippen molar-refractivity contribution < 1.29 is 13.6 Å². The van der Waals surface area contributed by atoms with E-state index in [0.717, 1.165) is 10.6 Å². The fourth-order valence-corrected chi connectivity index (χ4v) is 3.25. The molecule has 0 bridgehead atoms. The van der Waals surface area contributed by atoms with Crippen LogP contribution in [0.25, 0.3) is 0 Å².